The molecule has 1 N–H and O–H groups in total. The first-order valence-corrected chi connectivity index (χ1v) is 6.92. The normalized spacial score (nSPS) is 12.6. The van der Waals surface area contributed by atoms with Crippen molar-refractivity contribution in [3.63, 3.8) is 0 Å². The van der Waals surface area contributed by atoms with Crippen molar-refractivity contribution in [2.24, 2.45) is 0 Å². The Labute approximate surface area is 120 Å². The Morgan fingerprint density at radius 3 is 2.47 bits per heavy atom. The zero-order valence-corrected chi connectivity index (χ0v) is 12.5. The van der Waals surface area contributed by atoms with Gasteiger partial charge in [-0.05, 0) is 50.4 Å². The Morgan fingerprint density at radius 1 is 1.32 bits per heavy atom. The van der Waals surface area contributed by atoms with E-state index in [-0.39, 0.29) is 16.2 Å². The number of hydrogen-bond donors (Lipinski definition) is 2. The van der Waals surface area contributed by atoms with Gasteiger partial charge in [0.2, 0.25) is 0 Å². The minimum atomic E-state index is -4.71. The van der Waals surface area contributed by atoms with E-state index in [9.17, 15) is 13.2 Å². The molecule has 0 atom stereocenters. The van der Waals surface area contributed by atoms with E-state index < -0.39 is 6.36 Å². The molecule has 0 spiro atoms. The number of alkyl halides is 3. The summed E-state index contributed by atoms with van der Waals surface area (Å²) in [5.41, 5.74) is -0.102. The Kier molecular flexibility index (Phi) is 5.46. The SMILES string of the molecule is CCC(C)(C)NSc1ccc(S)c(OC(F)(F)F)c1. The minimum Gasteiger partial charge on any atom is -0.405 e. The molecule has 0 bridgehead atoms. The van der Waals surface area contributed by atoms with Gasteiger partial charge in [-0.3, -0.25) is 4.72 Å². The molecule has 0 aliphatic carbocycles. The predicted molar refractivity (Wildman–Crippen MR) is 73.7 cm³/mol. The monoisotopic (exact) mass is 311 g/mol. The topological polar surface area (TPSA) is 21.3 Å². The molecular weight excluding hydrogens is 295 g/mol. The third-order valence-electron chi connectivity index (χ3n) is 2.49. The van der Waals surface area contributed by atoms with Crippen LogP contribution in [-0.2, 0) is 0 Å². The lowest BCUT2D eigenvalue weighted by atomic mass is 10.0. The number of halogens is 3. The Morgan fingerprint density at radius 2 is 1.95 bits per heavy atom. The van der Waals surface area contributed by atoms with Gasteiger partial charge < -0.3 is 4.74 Å². The summed E-state index contributed by atoms with van der Waals surface area (Å²) in [4.78, 5) is 0.787. The van der Waals surface area contributed by atoms with E-state index in [0.717, 1.165) is 6.42 Å². The summed E-state index contributed by atoms with van der Waals surface area (Å²) >= 11 is 5.22. The van der Waals surface area contributed by atoms with E-state index >= 15 is 0 Å². The van der Waals surface area contributed by atoms with Gasteiger partial charge in [-0.2, -0.15) is 0 Å². The van der Waals surface area contributed by atoms with Gasteiger partial charge in [0.15, 0.2) is 0 Å². The van der Waals surface area contributed by atoms with Gasteiger partial charge in [0.25, 0.3) is 0 Å². The van der Waals surface area contributed by atoms with Gasteiger partial charge in [-0.1, -0.05) is 6.92 Å². The van der Waals surface area contributed by atoms with Gasteiger partial charge in [0, 0.05) is 15.3 Å². The molecule has 0 aromatic heterocycles. The van der Waals surface area contributed by atoms with Crippen molar-refractivity contribution in [2.75, 3.05) is 0 Å². The second-order valence-corrected chi connectivity index (χ2v) is 5.98. The van der Waals surface area contributed by atoms with E-state index in [0.29, 0.717) is 4.90 Å². The second-order valence-electron chi connectivity index (χ2n) is 4.62. The molecule has 1 rings (SSSR count). The average Bonchev–Trinajstić information content (AvgIpc) is 2.28. The molecule has 0 aliphatic rings. The number of thiol groups is 1. The molecule has 0 aliphatic heterocycles. The largest absolute Gasteiger partial charge is 0.573 e. The maximum Gasteiger partial charge on any atom is 0.573 e. The van der Waals surface area contributed by atoms with E-state index in [1.165, 1.54) is 24.1 Å². The van der Waals surface area contributed by atoms with Gasteiger partial charge in [0.05, 0.1) is 0 Å². The van der Waals surface area contributed by atoms with Crippen LogP contribution in [0.3, 0.4) is 0 Å². The molecule has 0 amide bonds. The van der Waals surface area contributed by atoms with Crippen molar-refractivity contribution in [3.8, 4) is 5.75 Å². The summed E-state index contributed by atoms with van der Waals surface area (Å²) in [6.07, 6.45) is -3.81. The Balaban J connectivity index is 2.79. The Hall–Kier alpha value is -0.530. The van der Waals surface area contributed by atoms with E-state index in [2.05, 4.69) is 22.1 Å². The van der Waals surface area contributed by atoms with Gasteiger partial charge in [0.1, 0.15) is 5.75 Å². The van der Waals surface area contributed by atoms with Crippen LogP contribution < -0.4 is 9.46 Å². The summed E-state index contributed by atoms with van der Waals surface area (Å²) in [5.74, 6) is -0.295. The number of hydrogen-bond acceptors (Lipinski definition) is 4. The van der Waals surface area contributed by atoms with Crippen LogP contribution in [0, 0.1) is 0 Å². The van der Waals surface area contributed by atoms with Gasteiger partial charge in [-0.25, -0.2) is 0 Å². The molecule has 108 valence electrons. The van der Waals surface area contributed by atoms with Crippen molar-refractivity contribution in [2.45, 2.75) is 48.9 Å². The summed E-state index contributed by atoms with van der Waals surface area (Å²) < 4.78 is 43.7. The van der Waals surface area contributed by atoms with Crippen LogP contribution in [0.1, 0.15) is 27.2 Å². The van der Waals surface area contributed by atoms with Crippen LogP contribution >= 0.6 is 24.6 Å². The minimum absolute atomic E-state index is 0.102. The fraction of sp³-hybridized carbons (Fsp3) is 0.500. The number of nitrogens with one attached hydrogen (secondary N) is 1. The van der Waals surface area contributed by atoms with Crippen molar-refractivity contribution < 1.29 is 17.9 Å². The number of rotatable bonds is 5. The highest BCUT2D eigenvalue weighted by atomic mass is 32.2. The lowest BCUT2D eigenvalue weighted by molar-refractivity contribution is -0.275. The highest BCUT2D eigenvalue weighted by molar-refractivity contribution is 7.97. The lowest BCUT2D eigenvalue weighted by Gasteiger charge is -2.23. The molecule has 2 nitrogen and oxygen atoms in total. The predicted octanol–water partition coefficient (Wildman–Crippen LogP) is 4.66. The van der Waals surface area contributed by atoms with E-state index in [4.69, 9.17) is 0 Å². The summed E-state index contributed by atoms with van der Waals surface area (Å²) in [7, 11) is 0. The molecule has 0 saturated carbocycles. The Bertz CT molecular complexity index is 435. The van der Waals surface area contributed by atoms with Crippen LogP contribution in [0.25, 0.3) is 0 Å². The van der Waals surface area contributed by atoms with Crippen LogP contribution in [0.2, 0.25) is 0 Å². The van der Waals surface area contributed by atoms with Crippen molar-refractivity contribution >= 4 is 24.6 Å². The highest BCUT2D eigenvalue weighted by Crippen LogP contribution is 2.32. The molecule has 0 fully saturated rings. The fourth-order valence-electron chi connectivity index (χ4n) is 1.03. The van der Waals surface area contributed by atoms with Crippen LogP contribution in [0.15, 0.2) is 28.0 Å². The zero-order chi connectivity index (χ0) is 14.7. The number of ether oxygens (including phenoxy) is 1. The molecule has 7 heteroatoms. The molecule has 0 heterocycles. The zero-order valence-electron chi connectivity index (χ0n) is 10.8. The average molecular weight is 311 g/mol. The van der Waals surface area contributed by atoms with Crippen molar-refractivity contribution in [1.29, 1.82) is 0 Å². The third kappa shape index (κ3) is 5.97. The third-order valence-corrected chi connectivity index (χ3v) is 4.00. The lowest BCUT2D eigenvalue weighted by Crippen LogP contribution is -2.33. The molecule has 0 unspecified atom stereocenters. The number of benzene rings is 1. The fourth-order valence-corrected chi connectivity index (χ4v) is 2.06. The first kappa shape index (κ1) is 16.5. The molecule has 0 saturated heterocycles. The summed E-state index contributed by atoms with van der Waals surface area (Å²) in [5, 5.41) is 0. The molecule has 1 aromatic rings. The summed E-state index contributed by atoms with van der Waals surface area (Å²) in [6, 6.07) is 4.49. The van der Waals surface area contributed by atoms with Crippen LogP contribution in [0.5, 0.6) is 5.75 Å². The first-order valence-electron chi connectivity index (χ1n) is 5.66. The van der Waals surface area contributed by atoms with Gasteiger partial charge >= 0.3 is 6.36 Å². The molecule has 1 aromatic carbocycles. The quantitative estimate of drug-likeness (QED) is 0.610. The first-order chi connectivity index (χ1) is 8.63. The van der Waals surface area contributed by atoms with E-state index in [1.807, 2.05) is 20.8 Å². The molecule has 0 radical (unpaired) electrons. The van der Waals surface area contributed by atoms with Crippen LogP contribution in [-0.4, -0.2) is 11.9 Å². The van der Waals surface area contributed by atoms with E-state index in [1.54, 1.807) is 6.07 Å². The summed E-state index contributed by atoms with van der Waals surface area (Å²) in [6.45, 7) is 6.06. The van der Waals surface area contributed by atoms with Crippen molar-refractivity contribution in [3.05, 3.63) is 18.2 Å². The maximum absolute atomic E-state index is 12.2. The maximum atomic E-state index is 12.2. The van der Waals surface area contributed by atoms with Crippen molar-refractivity contribution in [1.82, 2.24) is 4.72 Å². The second kappa shape index (κ2) is 6.28. The smallest absolute Gasteiger partial charge is 0.405 e. The standard InChI is InChI=1S/C12H16F3NOS2/c1-4-11(2,3)16-19-8-5-6-10(18)9(7-8)17-12(13,14)15/h5-7,16,18H,4H2,1-3H3. The van der Waals surface area contributed by atoms with Crippen LogP contribution in [0.4, 0.5) is 13.2 Å². The van der Waals surface area contributed by atoms with Gasteiger partial charge in [-0.15, -0.1) is 25.8 Å². The molecule has 19 heavy (non-hydrogen) atoms. The molecular formula is C12H16F3NOS2. The highest BCUT2D eigenvalue weighted by Gasteiger charge is 2.32.